The van der Waals surface area contributed by atoms with Gasteiger partial charge in [-0.2, -0.15) is 4.98 Å². The Morgan fingerprint density at radius 1 is 1.48 bits per heavy atom. The number of hydrogen-bond donors (Lipinski definition) is 1. The van der Waals surface area contributed by atoms with Crippen molar-refractivity contribution in [2.24, 2.45) is 11.7 Å². The lowest BCUT2D eigenvalue weighted by Gasteiger charge is -2.33. The Morgan fingerprint density at radius 3 is 3.05 bits per heavy atom. The van der Waals surface area contributed by atoms with Crippen LogP contribution in [0.1, 0.15) is 38.4 Å². The zero-order valence-corrected chi connectivity index (χ0v) is 14.1. The molecular formula is C15H17BrClN3O. The van der Waals surface area contributed by atoms with E-state index < -0.39 is 5.54 Å². The molecule has 21 heavy (non-hydrogen) atoms. The predicted octanol–water partition coefficient (Wildman–Crippen LogP) is 4.52. The third-order valence-corrected chi connectivity index (χ3v) is 4.99. The average Bonchev–Trinajstić information content (AvgIpc) is 2.91. The summed E-state index contributed by atoms with van der Waals surface area (Å²) in [6, 6.07) is 5.47. The Morgan fingerprint density at radius 2 is 2.29 bits per heavy atom. The zero-order chi connectivity index (χ0) is 15.0. The van der Waals surface area contributed by atoms with Gasteiger partial charge in [0.15, 0.2) is 5.82 Å². The van der Waals surface area contributed by atoms with Crippen LogP contribution in [0.15, 0.2) is 27.2 Å². The Labute approximate surface area is 137 Å². The monoisotopic (exact) mass is 369 g/mol. The fourth-order valence-electron chi connectivity index (χ4n) is 2.99. The minimum atomic E-state index is -0.482. The summed E-state index contributed by atoms with van der Waals surface area (Å²) in [6.07, 6.45) is 4.10. The highest BCUT2D eigenvalue weighted by atomic mass is 79.9. The quantitative estimate of drug-likeness (QED) is 0.844. The van der Waals surface area contributed by atoms with Gasteiger partial charge in [0.1, 0.15) is 0 Å². The van der Waals surface area contributed by atoms with Gasteiger partial charge in [0.05, 0.1) is 11.1 Å². The van der Waals surface area contributed by atoms with E-state index in [1.54, 1.807) is 12.1 Å². The maximum absolute atomic E-state index is 6.51. The standard InChI is InChI=1S/C15H17BrClN3O/c1-9-3-2-6-15(18,8-9)14-19-13(21-20-14)11-7-10(17)4-5-12(11)16/h4-5,7,9H,2-3,6,8,18H2,1H3. The van der Waals surface area contributed by atoms with Gasteiger partial charge in [0.25, 0.3) is 5.89 Å². The van der Waals surface area contributed by atoms with Crippen LogP contribution in [0.4, 0.5) is 0 Å². The molecule has 2 atom stereocenters. The highest BCUT2D eigenvalue weighted by molar-refractivity contribution is 9.10. The van der Waals surface area contributed by atoms with Gasteiger partial charge in [-0.1, -0.05) is 36.5 Å². The van der Waals surface area contributed by atoms with Crippen LogP contribution >= 0.6 is 27.5 Å². The summed E-state index contributed by atoms with van der Waals surface area (Å²) in [4.78, 5) is 4.52. The summed E-state index contributed by atoms with van der Waals surface area (Å²) in [7, 11) is 0. The molecule has 1 fully saturated rings. The number of nitrogens with zero attached hydrogens (tertiary/aromatic N) is 2. The molecule has 4 nitrogen and oxygen atoms in total. The number of aromatic nitrogens is 2. The van der Waals surface area contributed by atoms with Gasteiger partial charge in [-0.15, -0.1) is 0 Å². The van der Waals surface area contributed by atoms with E-state index in [0.717, 1.165) is 29.3 Å². The van der Waals surface area contributed by atoms with E-state index in [4.69, 9.17) is 21.9 Å². The molecule has 0 bridgehead atoms. The average molecular weight is 371 g/mol. The van der Waals surface area contributed by atoms with Crippen LogP contribution in [0, 0.1) is 5.92 Å². The Hall–Kier alpha value is -0.910. The van der Waals surface area contributed by atoms with Crippen molar-refractivity contribution in [3.05, 3.63) is 33.5 Å². The lowest BCUT2D eigenvalue weighted by atomic mass is 9.76. The van der Waals surface area contributed by atoms with Gasteiger partial charge in [-0.05, 0) is 52.9 Å². The molecule has 2 aromatic rings. The lowest BCUT2D eigenvalue weighted by Crippen LogP contribution is -2.42. The maximum Gasteiger partial charge on any atom is 0.259 e. The van der Waals surface area contributed by atoms with E-state index in [9.17, 15) is 0 Å². The minimum Gasteiger partial charge on any atom is -0.334 e. The summed E-state index contributed by atoms with van der Waals surface area (Å²) >= 11 is 9.51. The van der Waals surface area contributed by atoms with Gasteiger partial charge < -0.3 is 10.3 Å². The smallest absolute Gasteiger partial charge is 0.259 e. The van der Waals surface area contributed by atoms with Gasteiger partial charge in [0, 0.05) is 9.50 Å². The van der Waals surface area contributed by atoms with E-state index in [0.29, 0.717) is 22.7 Å². The van der Waals surface area contributed by atoms with Crippen molar-refractivity contribution in [2.75, 3.05) is 0 Å². The SMILES string of the molecule is CC1CCCC(N)(c2noc(-c3cc(Cl)ccc3Br)n2)C1. The Balaban J connectivity index is 1.94. The fraction of sp³-hybridized carbons (Fsp3) is 0.467. The van der Waals surface area contributed by atoms with Crippen LogP contribution in [-0.2, 0) is 5.54 Å². The number of rotatable bonds is 2. The highest BCUT2D eigenvalue weighted by Crippen LogP contribution is 2.38. The number of benzene rings is 1. The molecule has 0 amide bonds. The number of nitrogens with two attached hydrogens (primary N) is 1. The van der Waals surface area contributed by atoms with Crippen molar-refractivity contribution in [3.8, 4) is 11.5 Å². The first kappa shape index (κ1) is 15.0. The molecule has 2 N–H and O–H groups in total. The zero-order valence-electron chi connectivity index (χ0n) is 11.8. The molecule has 1 aromatic carbocycles. The first-order valence-electron chi connectivity index (χ1n) is 7.06. The van der Waals surface area contributed by atoms with Gasteiger partial charge in [-0.3, -0.25) is 0 Å². The molecule has 0 radical (unpaired) electrons. The lowest BCUT2D eigenvalue weighted by molar-refractivity contribution is 0.222. The normalized spacial score (nSPS) is 26.0. The second-order valence-corrected chi connectivity index (χ2v) is 7.20. The molecule has 2 unspecified atom stereocenters. The van der Waals surface area contributed by atoms with Crippen molar-refractivity contribution in [1.82, 2.24) is 10.1 Å². The van der Waals surface area contributed by atoms with Gasteiger partial charge in [-0.25, -0.2) is 0 Å². The molecule has 6 heteroatoms. The predicted molar refractivity (Wildman–Crippen MR) is 85.9 cm³/mol. The molecule has 1 saturated carbocycles. The molecule has 1 heterocycles. The topological polar surface area (TPSA) is 64.9 Å². The molecule has 1 aromatic heterocycles. The third-order valence-electron chi connectivity index (χ3n) is 4.06. The van der Waals surface area contributed by atoms with Crippen LogP contribution in [0.5, 0.6) is 0 Å². The van der Waals surface area contributed by atoms with Gasteiger partial charge >= 0.3 is 0 Å². The Bertz CT molecular complexity index is 660. The molecule has 3 rings (SSSR count). The first-order valence-corrected chi connectivity index (χ1v) is 8.23. The summed E-state index contributed by atoms with van der Waals surface area (Å²) in [5.74, 6) is 1.63. The first-order chi connectivity index (χ1) is 9.98. The number of halogens is 2. The largest absolute Gasteiger partial charge is 0.334 e. The molecule has 0 saturated heterocycles. The van der Waals surface area contributed by atoms with E-state index in [-0.39, 0.29) is 0 Å². The van der Waals surface area contributed by atoms with E-state index in [1.807, 2.05) is 6.07 Å². The Kier molecular flexibility index (Phi) is 4.08. The van der Waals surface area contributed by atoms with Crippen LogP contribution in [0.25, 0.3) is 11.5 Å². The molecular weight excluding hydrogens is 354 g/mol. The van der Waals surface area contributed by atoms with Crippen LogP contribution < -0.4 is 5.73 Å². The van der Waals surface area contributed by atoms with Gasteiger partial charge in [0.2, 0.25) is 0 Å². The van der Waals surface area contributed by atoms with E-state index >= 15 is 0 Å². The summed E-state index contributed by atoms with van der Waals surface area (Å²) in [5, 5.41) is 4.74. The minimum absolute atomic E-state index is 0.447. The molecule has 112 valence electrons. The number of hydrogen-bond acceptors (Lipinski definition) is 4. The molecule has 0 aliphatic heterocycles. The van der Waals surface area contributed by atoms with Crippen molar-refractivity contribution in [2.45, 2.75) is 38.1 Å². The molecule has 1 aliphatic carbocycles. The maximum atomic E-state index is 6.51. The fourth-order valence-corrected chi connectivity index (χ4v) is 3.58. The van der Waals surface area contributed by atoms with Crippen molar-refractivity contribution >= 4 is 27.5 Å². The van der Waals surface area contributed by atoms with Crippen LogP contribution in [0.2, 0.25) is 5.02 Å². The molecule has 1 aliphatic rings. The summed E-state index contributed by atoms with van der Waals surface area (Å²) < 4.78 is 6.28. The van der Waals surface area contributed by atoms with Crippen molar-refractivity contribution in [1.29, 1.82) is 0 Å². The second-order valence-electron chi connectivity index (χ2n) is 5.90. The van der Waals surface area contributed by atoms with Crippen LogP contribution in [-0.4, -0.2) is 10.1 Å². The van der Waals surface area contributed by atoms with Crippen molar-refractivity contribution < 1.29 is 4.52 Å². The third kappa shape index (κ3) is 3.00. The molecule has 0 spiro atoms. The van der Waals surface area contributed by atoms with Crippen molar-refractivity contribution in [3.63, 3.8) is 0 Å². The highest BCUT2D eigenvalue weighted by Gasteiger charge is 2.37. The van der Waals surface area contributed by atoms with E-state index in [2.05, 4.69) is 33.0 Å². The van der Waals surface area contributed by atoms with Crippen LogP contribution in [0.3, 0.4) is 0 Å². The summed E-state index contributed by atoms with van der Waals surface area (Å²) in [6.45, 7) is 2.22. The second kappa shape index (κ2) is 5.71. The summed E-state index contributed by atoms with van der Waals surface area (Å²) in [5.41, 5.74) is 6.81. The van der Waals surface area contributed by atoms with E-state index in [1.165, 1.54) is 6.42 Å².